The monoisotopic (exact) mass is 548 g/mol. The van der Waals surface area contributed by atoms with Gasteiger partial charge in [-0.1, -0.05) is 23.7 Å². The number of aryl methyl sites for hydroxylation is 1. The fraction of sp³-hybridized carbons (Fsp3) is 0.346. The minimum Gasteiger partial charge on any atom is -0.491 e. The molecule has 1 fully saturated rings. The zero-order chi connectivity index (χ0) is 27.4. The van der Waals surface area contributed by atoms with Crippen molar-refractivity contribution in [3.05, 3.63) is 59.0 Å². The van der Waals surface area contributed by atoms with Crippen molar-refractivity contribution < 1.29 is 32.6 Å². The third-order valence-electron chi connectivity index (χ3n) is 6.37. The summed E-state index contributed by atoms with van der Waals surface area (Å²) in [5.41, 5.74) is 6.41. The van der Waals surface area contributed by atoms with Crippen LogP contribution in [0, 0.1) is 5.82 Å². The molecule has 202 valence electrons. The highest BCUT2D eigenvalue weighted by Crippen LogP contribution is 2.31. The highest BCUT2D eigenvalue weighted by Gasteiger charge is 2.39. The van der Waals surface area contributed by atoms with E-state index in [0.717, 1.165) is 9.47 Å². The number of carbonyl (C=O) groups is 3. The van der Waals surface area contributed by atoms with Crippen molar-refractivity contribution in [2.24, 2.45) is 5.73 Å². The summed E-state index contributed by atoms with van der Waals surface area (Å²) in [6.45, 7) is 0.366. The number of amides is 3. The summed E-state index contributed by atoms with van der Waals surface area (Å²) < 4.78 is 40.4. The molecule has 3 amide bonds. The molecule has 0 saturated carbocycles. The van der Waals surface area contributed by atoms with E-state index in [1.807, 2.05) is 0 Å². The zero-order valence-corrected chi connectivity index (χ0v) is 21.3. The van der Waals surface area contributed by atoms with Crippen molar-refractivity contribution >= 4 is 46.0 Å². The summed E-state index contributed by atoms with van der Waals surface area (Å²) in [4.78, 5) is 39.3. The number of ketones is 1. The van der Waals surface area contributed by atoms with Crippen molar-refractivity contribution in [3.8, 4) is 5.75 Å². The van der Waals surface area contributed by atoms with Crippen LogP contribution in [0.5, 0.6) is 5.75 Å². The number of aromatic nitrogens is 1. The van der Waals surface area contributed by atoms with E-state index in [-0.39, 0.29) is 48.7 Å². The van der Waals surface area contributed by atoms with Crippen LogP contribution in [0.25, 0.3) is 10.9 Å². The molecular weight excluding hydrogens is 522 g/mol. The number of hydrogen-bond donors (Lipinski definition) is 2. The number of urea groups is 1. The lowest BCUT2D eigenvalue weighted by Gasteiger charge is -2.23. The summed E-state index contributed by atoms with van der Waals surface area (Å²) in [6.07, 6.45) is -0.241. The molecule has 12 heteroatoms. The number of halogens is 3. The lowest BCUT2D eigenvalue weighted by atomic mass is 10.0. The molecule has 9 nitrogen and oxygen atoms in total. The number of methoxy groups -OCH3 is 1. The number of rotatable bonds is 9. The van der Waals surface area contributed by atoms with Gasteiger partial charge in [-0.15, -0.1) is 0 Å². The Morgan fingerprint density at radius 3 is 2.74 bits per heavy atom. The molecule has 0 unspecified atom stereocenters. The van der Waals surface area contributed by atoms with E-state index in [0.29, 0.717) is 23.3 Å². The second-order valence-electron chi connectivity index (χ2n) is 8.88. The van der Waals surface area contributed by atoms with Crippen LogP contribution in [0.1, 0.15) is 18.4 Å². The lowest BCUT2D eigenvalue weighted by Crippen LogP contribution is -2.43. The molecule has 2 heterocycles. The van der Waals surface area contributed by atoms with Crippen molar-refractivity contribution in [3.63, 3.8) is 0 Å². The number of alkyl halides is 1. The first-order valence-corrected chi connectivity index (χ1v) is 12.3. The van der Waals surface area contributed by atoms with E-state index in [1.165, 1.54) is 18.3 Å². The molecule has 0 aliphatic carbocycles. The molecule has 4 rings (SSSR count). The fourth-order valence-corrected chi connectivity index (χ4v) is 4.69. The molecule has 1 aromatic heterocycles. The third kappa shape index (κ3) is 5.89. The molecule has 2 atom stereocenters. The predicted octanol–water partition coefficient (Wildman–Crippen LogP) is 4.53. The minimum absolute atomic E-state index is 0.0528. The summed E-state index contributed by atoms with van der Waals surface area (Å²) in [6, 6.07) is 6.89. The van der Waals surface area contributed by atoms with Gasteiger partial charge in [0.15, 0.2) is 5.78 Å². The number of primary amides is 1. The lowest BCUT2D eigenvalue weighted by molar-refractivity contribution is -0.122. The average Bonchev–Trinajstić information content (AvgIpc) is 3.45. The number of hydrogen-bond acceptors (Lipinski definition) is 5. The Labute approximate surface area is 222 Å². The highest BCUT2D eigenvalue weighted by atomic mass is 35.5. The average molecular weight is 549 g/mol. The minimum atomic E-state index is -1.40. The summed E-state index contributed by atoms with van der Waals surface area (Å²) in [5.74, 6) is -0.533. The Balaban J connectivity index is 1.52. The maximum Gasteiger partial charge on any atom is 0.323 e. The van der Waals surface area contributed by atoms with Crippen LogP contribution in [0.4, 0.5) is 24.1 Å². The number of fused-ring (bicyclic) bond motifs is 1. The molecule has 3 N–H and O–H groups in total. The fourth-order valence-electron chi connectivity index (χ4n) is 4.49. The molecule has 0 spiro atoms. The first kappa shape index (κ1) is 27.3. The summed E-state index contributed by atoms with van der Waals surface area (Å²) in [7, 11) is 1.54. The number of anilines is 1. The van der Waals surface area contributed by atoms with Gasteiger partial charge in [0.05, 0.1) is 35.4 Å². The first-order chi connectivity index (χ1) is 18.2. The number of Topliss-reactive ketones (excluding diaryl/α,β-unsaturated/α-hetero) is 1. The number of nitrogens with one attached hydrogen (secondary N) is 1. The van der Waals surface area contributed by atoms with Gasteiger partial charge in [-0.25, -0.2) is 18.4 Å². The first-order valence-electron chi connectivity index (χ1n) is 11.9. The van der Waals surface area contributed by atoms with Gasteiger partial charge in [0.25, 0.3) is 0 Å². The number of nitrogens with two attached hydrogens (primary N) is 1. The smallest absolute Gasteiger partial charge is 0.323 e. The van der Waals surface area contributed by atoms with E-state index in [9.17, 15) is 23.2 Å². The predicted molar refractivity (Wildman–Crippen MR) is 138 cm³/mol. The number of ether oxygens (including phenoxy) is 2. The number of benzene rings is 2. The number of carbonyl (C=O) groups excluding carboxylic acids is 3. The normalized spacial score (nSPS) is 17.1. The highest BCUT2D eigenvalue weighted by molar-refractivity contribution is 6.30. The quantitative estimate of drug-likeness (QED) is 0.381. The van der Waals surface area contributed by atoms with Crippen molar-refractivity contribution in [2.75, 3.05) is 32.2 Å². The van der Waals surface area contributed by atoms with Crippen molar-refractivity contribution in [1.82, 2.24) is 9.47 Å². The van der Waals surface area contributed by atoms with Crippen LogP contribution in [0.2, 0.25) is 5.02 Å². The third-order valence-corrected chi connectivity index (χ3v) is 6.66. The molecule has 3 aromatic rings. The van der Waals surface area contributed by atoms with Gasteiger partial charge >= 0.3 is 12.1 Å². The Kier molecular flexibility index (Phi) is 8.48. The second-order valence-corrected chi connectivity index (χ2v) is 9.29. The SMILES string of the molecule is COCCOc1ccc2c(c1)c(NC(=O)N1C[C@H](F)C[C@H]1C(=O)CCc1cccc(Cl)c1F)cn2C(N)=O. The van der Waals surface area contributed by atoms with Crippen LogP contribution >= 0.6 is 11.6 Å². The van der Waals surface area contributed by atoms with Gasteiger partial charge < -0.3 is 25.4 Å². The van der Waals surface area contributed by atoms with E-state index >= 15 is 0 Å². The van der Waals surface area contributed by atoms with E-state index in [4.69, 9.17) is 26.8 Å². The molecule has 38 heavy (non-hydrogen) atoms. The number of likely N-dealkylation sites (tertiary alicyclic amines) is 1. The molecule has 1 aliphatic heterocycles. The van der Waals surface area contributed by atoms with Gasteiger partial charge in [-0.2, -0.15) is 0 Å². The largest absolute Gasteiger partial charge is 0.491 e. The zero-order valence-electron chi connectivity index (χ0n) is 20.6. The molecule has 0 bridgehead atoms. The van der Waals surface area contributed by atoms with Crippen LogP contribution < -0.4 is 15.8 Å². The summed E-state index contributed by atoms with van der Waals surface area (Å²) >= 11 is 5.81. The number of nitrogens with zero attached hydrogens (tertiary/aromatic N) is 2. The Hall–Kier alpha value is -3.70. The Bertz CT molecular complexity index is 1360. The maximum atomic E-state index is 14.4. The summed E-state index contributed by atoms with van der Waals surface area (Å²) in [5, 5.41) is 3.08. The van der Waals surface area contributed by atoms with Crippen LogP contribution in [-0.4, -0.2) is 66.4 Å². The van der Waals surface area contributed by atoms with Crippen molar-refractivity contribution in [2.45, 2.75) is 31.5 Å². The van der Waals surface area contributed by atoms with E-state index < -0.39 is 35.9 Å². The molecule has 0 radical (unpaired) electrons. The Morgan fingerprint density at radius 2 is 2.00 bits per heavy atom. The molecule has 2 aromatic carbocycles. The Morgan fingerprint density at radius 1 is 1.21 bits per heavy atom. The van der Waals surface area contributed by atoms with Gasteiger partial charge in [0.1, 0.15) is 24.3 Å². The van der Waals surface area contributed by atoms with Crippen LogP contribution in [0.3, 0.4) is 0 Å². The molecule has 1 aliphatic rings. The van der Waals surface area contributed by atoms with Gasteiger partial charge in [-0.05, 0) is 36.2 Å². The van der Waals surface area contributed by atoms with Gasteiger partial charge in [0, 0.05) is 31.5 Å². The van der Waals surface area contributed by atoms with Gasteiger partial charge in [-0.3, -0.25) is 9.36 Å². The van der Waals surface area contributed by atoms with Crippen molar-refractivity contribution in [1.29, 1.82) is 0 Å². The van der Waals surface area contributed by atoms with Crippen LogP contribution in [-0.2, 0) is 16.0 Å². The topological polar surface area (TPSA) is 116 Å². The van der Waals surface area contributed by atoms with E-state index in [2.05, 4.69) is 5.32 Å². The van der Waals surface area contributed by atoms with E-state index in [1.54, 1.807) is 31.4 Å². The molecular formula is C26H27ClF2N4O5. The molecule has 1 saturated heterocycles. The second kappa shape index (κ2) is 11.8. The standard InChI is InChI=1S/C26H27ClF2N4O5/c1-37-9-10-38-17-6-7-21-18(12-17)20(14-32(21)25(30)35)31-26(36)33-13-16(28)11-22(33)23(34)8-5-15-3-2-4-19(27)24(15)29/h2-4,6-7,12,14,16,22H,5,8-11,13H2,1H3,(H2,30,35)(H,31,36)/t16-,22+/m1/s1. The maximum absolute atomic E-state index is 14.4. The van der Waals surface area contributed by atoms with Gasteiger partial charge in [0.2, 0.25) is 0 Å². The van der Waals surface area contributed by atoms with Crippen LogP contribution in [0.15, 0.2) is 42.6 Å².